The van der Waals surface area contributed by atoms with Crippen LogP contribution in [0.4, 0.5) is 4.39 Å². The summed E-state index contributed by atoms with van der Waals surface area (Å²) in [6.07, 6.45) is 0.392. The highest BCUT2D eigenvalue weighted by molar-refractivity contribution is 6.33. The van der Waals surface area contributed by atoms with Gasteiger partial charge >= 0.3 is 0 Å². The average molecular weight is 260 g/mol. The maximum Gasteiger partial charge on any atom is 0.124 e. The SMILES string of the molecule is Cc1cc(-c2ccc(F)cc2Cl)ccc1CC#N. The van der Waals surface area contributed by atoms with Crippen LogP contribution in [0.2, 0.25) is 5.02 Å². The van der Waals surface area contributed by atoms with Gasteiger partial charge < -0.3 is 0 Å². The van der Waals surface area contributed by atoms with E-state index in [2.05, 4.69) is 6.07 Å². The minimum atomic E-state index is -0.346. The van der Waals surface area contributed by atoms with Crippen molar-refractivity contribution in [2.45, 2.75) is 13.3 Å². The van der Waals surface area contributed by atoms with Crippen LogP contribution in [0, 0.1) is 24.1 Å². The van der Waals surface area contributed by atoms with Crippen LogP contribution in [0.3, 0.4) is 0 Å². The Morgan fingerprint density at radius 3 is 2.61 bits per heavy atom. The lowest BCUT2D eigenvalue weighted by Crippen LogP contribution is -1.89. The van der Waals surface area contributed by atoms with E-state index in [0.717, 1.165) is 22.3 Å². The summed E-state index contributed by atoms with van der Waals surface area (Å²) in [7, 11) is 0. The van der Waals surface area contributed by atoms with E-state index < -0.39 is 0 Å². The summed E-state index contributed by atoms with van der Waals surface area (Å²) in [4.78, 5) is 0. The van der Waals surface area contributed by atoms with E-state index in [1.807, 2.05) is 25.1 Å². The van der Waals surface area contributed by atoms with E-state index >= 15 is 0 Å². The number of aryl methyl sites for hydroxylation is 1. The van der Waals surface area contributed by atoms with Crippen molar-refractivity contribution in [1.29, 1.82) is 5.26 Å². The van der Waals surface area contributed by atoms with Crippen LogP contribution in [-0.2, 0) is 6.42 Å². The molecule has 0 fully saturated rings. The number of nitriles is 1. The molecule has 0 aliphatic carbocycles. The molecule has 0 aliphatic rings. The van der Waals surface area contributed by atoms with Crippen LogP contribution < -0.4 is 0 Å². The summed E-state index contributed by atoms with van der Waals surface area (Å²) in [5.74, 6) is -0.346. The third-order valence-electron chi connectivity index (χ3n) is 2.85. The van der Waals surface area contributed by atoms with Gasteiger partial charge in [0.2, 0.25) is 0 Å². The van der Waals surface area contributed by atoms with Crippen molar-refractivity contribution in [2.24, 2.45) is 0 Å². The van der Waals surface area contributed by atoms with E-state index in [4.69, 9.17) is 16.9 Å². The zero-order valence-corrected chi connectivity index (χ0v) is 10.6. The number of halogens is 2. The molecule has 0 N–H and O–H groups in total. The summed E-state index contributed by atoms with van der Waals surface area (Å²) in [5.41, 5.74) is 3.76. The highest BCUT2D eigenvalue weighted by Gasteiger charge is 2.06. The zero-order valence-electron chi connectivity index (χ0n) is 9.87. The van der Waals surface area contributed by atoms with Crippen molar-refractivity contribution in [3.05, 3.63) is 58.4 Å². The van der Waals surface area contributed by atoms with Gasteiger partial charge in [0.05, 0.1) is 17.5 Å². The molecule has 0 saturated heterocycles. The second-order valence-corrected chi connectivity index (χ2v) is 4.51. The van der Waals surface area contributed by atoms with Gasteiger partial charge in [-0.3, -0.25) is 0 Å². The van der Waals surface area contributed by atoms with Crippen LogP contribution in [0.15, 0.2) is 36.4 Å². The van der Waals surface area contributed by atoms with Gasteiger partial charge in [-0.25, -0.2) is 4.39 Å². The Morgan fingerprint density at radius 1 is 1.22 bits per heavy atom. The fraction of sp³-hybridized carbons (Fsp3) is 0.133. The van der Waals surface area contributed by atoms with Crippen molar-refractivity contribution in [1.82, 2.24) is 0 Å². The topological polar surface area (TPSA) is 23.8 Å². The fourth-order valence-electron chi connectivity index (χ4n) is 1.87. The number of nitrogens with zero attached hydrogens (tertiary/aromatic N) is 1. The first-order valence-electron chi connectivity index (χ1n) is 5.53. The summed E-state index contributed by atoms with van der Waals surface area (Å²) < 4.78 is 13.0. The van der Waals surface area contributed by atoms with E-state index in [0.29, 0.717) is 11.4 Å². The maximum absolute atomic E-state index is 13.0. The quantitative estimate of drug-likeness (QED) is 0.778. The van der Waals surface area contributed by atoms with Crippen molar-refractivity contribution < 1.29 is 4.39 Å². The number of hydrogen-bond donors (Lipinski definition) is 0. The molecule has 2 aromatic rings. The molecule has 1 nitrogen and oxygen atoms in total. The molecule has 0 aromatic heterocycles. The molecule has 0 spiro atoms. The van der Waals surface area contributed by atoms with Gasteiger partial charge in [-0.1, -0.05) is 29.8 Å². The molecular weight excluding hydrogens is 249 g/mol. The van der Waals surface area contributed by atoms with Gasteiger partial charge in [0.15, 0.2) is 0 Å². The molecule has 0 radical (unpaired) electrons. The molecule has 0 bridgehead atoms. The Labute approximate surface area is 110 Å². The van der Waals surface area contributed by atoms with Crippen LogP contribution in [0.1, 0.15) is 11.1 Å². The molecule has 90 valence electrons. The summed E-state index contributed by atoms with van der Waals surface area (Å²) in [6, 6.07) is 12.3. The predicted molar refractivity (Wildman–Crippen MR) is 70.9 cm³/mol. The molecule has 2 aromatic carbocycles. The van der Waals surface area contributed by atoms with Crippen molar-refractivity contribution in [3.63, 3.8) is 0 Å². The first-order chi connectivity index (χ1) is 8.61. The average Bonchev–Trinajstić information content (AvgIpc) is 2.32. The normalized spacial score (nSPS) is 10.1. The zero-order chi connectivity index (χ0) is 13.1. The molecule has 2 rings (SSSR count). The Hall–Kier alpha value is -1.85. The summed E-state index contributed by atoms with van der Waals surface area (Å²) >= 11 is 6.02. The maximum atomic E-state index is 13.0. The lowest BCUT2D eigenvalue weighted by molar-refractivity contribution is 0.628. The molecule has 0 amide bonds. The van der Waals surface area contributed by atoms with Gasteiger partial charge in [-0.2, -0.15) is 5.26 Å². The van der Waals surface area contributed by atoms with Gasteiger partial charge in [-0.15, -0.1) is 0 Å². The highest BCUT2D eigenvalue weighted by atomic mass is 35.5. The number of benzene rings is 2. The second kappa shape index (κ2) is 5.20. The summed E-state index contributed by atoms with van der Waals surface area (Å²) in [5, 5.41) is 9.08. The molecular formula is C15H11ClFN. The van der Waals surface area contributed by atoms with Crippen LogP contribution in [-0.4, -0.2) is 0 Å². The monoisotopic (exact) mass is 259 g/mol. The molecule has 18 heavy (non-hydrogen) atoms. The van der Waals surface area contributed by atoms with Crippen molar-refractivity contribution in [3.8, 4) is 17.2 Å². The smallest absolute Gasteiger partial charge is 0.124 e. The van der Waals surface area contributed by atoms with E-state index in [1.165, 1.54) is 12.1 Å². The van der Waals surface area contributed by atoms with Crippen molar-refractivity contribution in [2.75, 3.05) is 0 Å². The fourth-order valence-corrected chi connectivity index (χ4v) is 2.15. The highest BCUT2D eigenvalue weighted by Crippen LogP contribution is 2.29. The van der Waals surface area contributed by atoms with Crippen LogP contribution in [0.5, 0.6) is 0 Å². The molecule has 3 heteroatoms. The molecule has 0 aliphatic heterocycles. The molecule has 0 unspecified atom stereocenters. The summed E-state index contributed by atoms with van der Waals surface area (Å²) in [6.45, 7) is 1.95. The molecule has 0 heterocycles. The van der Waals surface area contributed by atoms with Crippen molar-refractivity contribution >= 4 is 11.6 Å². The lowest BCUT2D eigenvalue weighted by atomic mass is 9.98. The third kappa shape index (κ3) is 2.52. The van der Waals surface area contributed by atoms with Gasteiger partial charge in [0.25, 0.3) is 0 Å². The van der Waals surface area contributed by atoms with Crippen LogP contribution in [0.25, 0.3) is 11.1 Å². The first kappa shape index (κ1) is 12.6. The molecule has 0 atom stereocenters. The Kier molecular flexibility index (Phi) is 3.64. The number of hydrogen-bond acceptors (Lipinski definition) is 1. The largest absolute Gasteiger partial charge is 0.207 e. The predicted octanol–water partition coefficient (Wildman–Crippen LogP) is 4.52. The van der Waals surface area contributed by atoms with Gasteiger partial charge in [-0.05, 0) is 41.8 Å². The Balaban J connectivity index is 2.46. The standard InChI is InChI=1S/C15H11ClFN/c1-10-8-12(3-2-11(10)6-7-18)14-5-4-13(17)9-15(14)16/h2-5,8-9H,6H2,1H3. The lowest BCUT2D eigenvalue weighted by Gasteiger charge is -2.08. The van der Waals surface area contributed by atoms with E-state index in [-0.39, 0.29) is 5.82 Å². The Bertz CT molecular complexity index is 629. The second-order valence-electron chi connectivity index (χ2n) is 4.10. The van der Waals surface area contributed by atoms with Crippen LogP contribution >= 0.6 is 11.6 Å². The van der Waals surface area contributed by atoms with E-state index in [1.54, 1.807) is 6.07 Å². The minimum absolute atomic E-state index is 0.346. The van der Waals surface area contributed by atoms with Gasteiger partial charge in [0, 0.05) is 5.56 Å². The van der Waals surface area contributed by atoms with E-state index in [9.17, 15) is 4.39 Å². The first-order valence-corrected chi connectivity index (χ1v) is 5.91. The third-order valence-corrected chi connectivity index (χ3v) is 3.17. The molecule has 0 saturated carbocycles. The Morgan fingerprint density at radius 2 is 2.00 bits per heavy atom. The number of rotatable bonds is 2. The minimum Gasteiger partial charge on any atom is -0.207 e. The van der Waals surface area contributed by atoms with Gasteiger partial charge in [0.1, 0.15) is 5.82 Å².